The summed E-state index contributed by atoms with van der Waals surface area (Å²) in [4.78, 5) is 0. The lowest BCUT2D eigenvalue weighted by molar-refractivity contribution is -0.137. The summed E-state index contributed by atoms with van der Waals surface area (Å²) in [6.07, 6.45) is -4.56. The van der Waals surface area contributed by atoms with E-state index in [1.165, 1.54) is 6.07 Å². The second-order valence-electron chi connectivity index (χ2n) is 3.97. The van der Waals surface area contributed by atoms with Gasteiger partial charge in [-0.3, -0.25) is 10.6 Å². The number of nitrogens with two attached hydrogens (primary N) is 1. The second kappa shape index (κ2) is 5.50. The van der Waals surface area contributed by atoms with Gasteiger partial charge in [-0.1, -0.05) is 11.2 Å². The Labute approximate surface area is 116 Å². The van der Waals surface area contributed by atoms with Gasteiger partial charge in [0, 0.05) is 6.54 Å². The van der Waals surface area contributed by atoms with Gasteiger partial charge < -0.3 is 5.73 Å². The average molecular weight is 301 g/mol. The molecule has 1 aromatic heterocycles. The van der Waals surface area contributed by atoms with Gasteiger partial charge in [-0.25, -0.2) is 9.69 Å². The molecule has 2 aromatic rings. The molecule has 7 nitrogen and oxygen atoms in total. The highest BCUT2D eigenvalue weighted by Crippen LogP contribution is 2.31. The van der Waals surface area contributed by atoms with E-state index in [-0.39, 0.29) is 28.7 Å². The molecule has 0 saturated heterocycles. The quantitative estimate of drug-likeness (QED) is 0.452. The molecule has 0 aliphatic rings. The van der Waals surface area contributed by atoms with Crippen molar-refractivity contribution in [1.29, 1.82) is 5.41 Å². The fourth-order valence-electron chi connectivity index (χ4n) is 1.56. The number of aromatic nitrogens is 2. The molecule has 0 radical (unpaired) electrons. The van der Waals surface area contributed by atoms with Gasteiger partial charge in [-0.15, -0.1) is 0 Å². The molecule has 0 aliphatic heterocycles. The van der Waals surface area contributed by atoms with E-state index >= 15 is 0 Å². The zero-order valence-electron chi connectivity index (χ0n) is 10.4. The van der Waals surface area contributed by atoms with Crippen LogP contribution in [0, 0.1) is 5.41 Å². The van der Waals surface area contributed by atoms with E-state index < -0.39 is 17.6 Å². The summed E-state index contributed by atoms with van der Waals surface area (Å²) >= 11 is 0. The maximum Gasteiger partial charge on any atom is 0.416 e. The molecule has 0 atom stereocenters. The molecular weight excluding hydrogens is 291 g/mol. The van der Waals surface area contributed by atoms with Crippen LogP contribution in [0.4, 0.5) is 18.9 Å². The topological polar surface area (TPSA) is 112 Å². The molecule has 1 aromatic carbocycles. The van der Waals surface area contributed by atoms with Crippen molar-refractivity contribution in [1.82, 2.24) is 10.3 Å². The average Bonchev–Trinajstić information content (AvgIpc) is 2.93. The number of hydroxylamine groups is 1. The standard InChI is InChI=1S/C11H10F3N5O2/c12-11(13,14)6-2-1-3-7(4-6)19(20)10(16)9-8(5-15)17-21-18-9/h1-4,16,20H,5,15H2. The number of nitrogens with zero attached hydrogens (tertiary/aromatic N) is 3. The summed E-state index contributed by atoms with van der Waals surface area (Å²) in [7, 11) is 0. The number of anilines is 1. The molecule has 0 bridgehead atoms. The number of benzene rings is 1. The third-order valence-electron chi connectivity index (χ3n) is 2.60. The zero-order chi connectivity index (χ0) is 15.6. The fourth-order valence-corrected chi connectivity index (χ4v) is 1.56. The monoisotopic (exact) mass is 301 g/mol. The van der Waals surface area contributed by atoms with Gasteiger partial charge in [-0.05, 0) is 23.4 Å². The van der Waals surface area contributed by atoms with Crippen LogP contribution in [0.3, 0.4) is 0 Å². The van der Waals surface area contributed by atoms with Gasteiger partial charge in [0.2, 0.25) is 0 Å². The molecular formula is C11H10F3N5O2. The lowest BCUT2D eigenvalue weighted by Crippen LogP contribution is -2.29. The number of amidine groups is 1. The van der Waals surface area contributed by atoms with Crippen LogP contribution in [0.25, 0.3) is 0 Å². The molecule has 112 valence electrons. The maximum absolute atomic E-state index is 12.6. The largest absolute Gasteiger partial charge is 0.416 e. The molecule has 0 spiro atoms. The Balaban J connectivity index is 2.32. The van der Waals surface area contributed by atoms with Crippen molar-refractivity contribution >= 4 is 11.5 Å². The summed E-state index contributed by atoms with van der Waals surface area (Å²) < 4.78 is 42.2. The van der Waals surface area contributed by atoms with Gasteiger partial charge in [0.05, 0.1) is 11.3 Å². The second-order valence-corrected chi connectivity index (χ2v) is 3.97. The minimum atomic E-state index is -4.56. The van der Waals surface area contributed by atoms with Crippen molar-refractivity contribution < 1.29 is 23.0 Å². The SMILES string of the molecule is N=C(c1nonc1CN)N(O)c1cccc(C(F)(F)F)c1. The van der Waals surface area contributed by atoms with E-state index in [0.29, 0.717) is 6.07 Å². The van der Waals surface area contributed by atoms with E-state index in [0.717, 1.165) is 12.1 Å². The van der Waals surface area contributed by atoms with Crippen molar-refractivity contribution in [3.8, 4) is 0 Å². The summed E-state index contributed by atoms with van der Waals surface area (Å²) in [6, 6.07) is 3.87. The molecule has 4 N–H and O–H groups in total. The minimum Gasteiger partial charge on any atom is -0.325 e. The molecule has 0 amide bonds. The highest BCUT2D eigenvalue weighted by molar-refractivity contribution is 6.05. The van der Waals surface area contributed by atoms with E-state index in [1.54, 1.807) is 0 Å². The molecule has 0 unspecified atom stereocenters. The van der Waals surface area contributed by atoms with Crippen LogP contribution in [0.1, 0.15) is 17.0 Å². The normalized spacial score (nSPS) is 11.5. The third-order valence-corrected chi connectivity index (χ3v) is 2.60. The van der Waals surface area contributed by atoms with Gasteiger partial charge in [-0.2, -0.15) is 13.2 Å². The highest BCUT2D eigenvalue weighted by Gasteiger charge is 2.31. The van der Waals surface area contributed by atoms with E-state index in [9.17, 15) is 18.4 Å². The molecule has 2 rings (SSSR count). The molecule has 21 heavy (non-hydrogen) atoms. The number of nitrogens with one attached hydrogen (secondary N) is 1. The maximum atomic E-state index is 12.6. The van der Waals surface area contributed by atoms with Crippen molar-refractivity contribution in [2.45, 2.75) is 12.7 Å². The van der Waals surface area contributed by atoms with E-state index in [2.05, 4.69) is 14.9 Å². The predicted octanol–water partition coefficient (Wildman–Crippen LogP) is 1.77. The molecule has 0 aliphatic carbocycles. The van der Waals surface area contributed by atoms with Crippen LogP contribution >= 0.6 is 0 Å². The lowest BCUT2D eigenvalue weighted by atomic mass is 10.2. The highest BCUT2D eigenvalue weighted by atomic mass is 19.4. The van der Waals surface area contributed by atoms with Gasteiger partial charge >= 0.3 is 6.18 Å². The summed E-state index contributed by atoms with van der Waals surface area (Å²) in [5.74, 6) is -0.601. The van der Waals surface area contributed by atoms with Crippen LogP contribution in [0.15, 0.2) is 28.9 Å². The van der Waals surface area contributed by atoms with E-state index in [1.807, 2.05) is 0 Å². The van der Waals surface area contributed by atoms with Crippen LogP contribution in [0.5, 0.6) is 0 Å². The first kappa shape index (κ1) is 14.9. The number of alkyl halides is 3. The van der Waals surface area contributed by atoms with Gasteiger partial charge in [0.1, 0.15) is 5.69 Å². The Morgan fingerprint density at radius 3 is 2.71 bits per heavy atom. The first-order chi connectivity index (χ1) is 9.84. The molecule has 0 saturated carbocycles. The first-order valence-electron chi connectivity index (χ1n) is 5.61. The van der Waals surface area contributed by atoms with Crippen LogP contribution in [-0.2, 0) is 12.7 Å². The Morgan fingerprint density at radius 2 is 2.10 bits per heavy atom. The number of hydrogen-bond donors (Lipinski definition) is 3. The van der Waals surface area contributed by atoms with E-state index in [4.69, 9.17) is 11.1 Å². The first-order valence-corrected chi connectivity index (χ1v) is 5.61. The zero-order valence-corrected chi connectivity index (χ0v) is 10.4. The van der Waals surface area contributed by atoms with Crippen molar-refractivity contribution in [2.24, 2.45) is 5.73 Å². The molecule has 0 fully saturated rings. The Hall–Kier alpha value is -2.46. The van der Waals surface area contributed by atoms with Gasteiger partial charge in [0.15, 0.2) is 11.5 Å². The smallest absolute Gasteiger partial charge is 0.325 e. The van der Waals surface area contributed by atoms with Crippen LogP contribution < -0.4 is 10.8 Å². The van der Waals surface area contributed by atoms with Crippen LogP contribution in [-0.4, -0.2) is 21.4 Å². The molecule has 10 heteroatoms. The Bertz CT molecular complexity index is 655. The van der Waals surface area contributed by atoms with Crippen molar-refractivity contribution in [2.75, 3.05) is 5.06 Å². The minimum absolute atomic E-state index is 0.0996. The Morgan fingerprint density at radius 1 is 1.38 bits per heavy atom. The number of hydrogen-bond acceptors (Lipinski definition) is 6. The number of halogens is 3. The fraction of sp³-hybridized carbons (Fsp3) is 0.182. The Kier molecular flexibility index (Phi) is 3.91. The summed E-state index contributed by atoms with van der Waals surface area (Å²) in [5, 5.41) is 24.7. The van der Waals surface area contributed by atoms with Gasteiger partial charge in [0.25, 0.3) is 0 Å². The number of rotatable bonds is 3. The molecule has 1 heterocycles. The van der Waals surface area contributed by atoms with Crippen molar-refractivity contribution in [3.05, 3.63) is 41.2 Å². The van der Waals surface area contributed by atoms with Crippen molar-refractivity contribution in [3.63, 3.8) is 0 Å². The third kappa shape index (κ3) is 3.01. The lowest BCUT2D eigenvalue weighted by Gasteiger charge is -2.17. The summed E-state index contributed by atoms with van der Waals surface area (Å²) in [5.41, 5.74) is 4.09. The predicted molar refractivity (Wildman–Crippen MR) is 64.7 cm³/mol. The van der Waals surface area contributed by atoms with Crippen LogP contribution in [0.2, 0.25) is 0 Å². The summed E-state index contributed by atoms with van der Waals surface area (Å²) in [6.45, 7) is -0.0996.